The van der Waals surface area contributed by atoms with E-state index in [4.69, 9.17) is 4.74 Å². The number of aromatic nitrogens is 2. The molecule has 0 aliphatic heterocycles. The maximum absolute atomic E-state index is 10.1. The van der Waals surface area contributed by atoms with Gasteiger partial charge in [0.2, 0.25) is 0 Å². The van der Waals surface area contributed by atoms with E-state index in [0.29, 0.717) is 30.2 Å². The van der Waals surface area contributed by atoms with Crippen molar-refractivity contribution in [1.82, 2.24) is 9.97 Å². The molecule has 0 atom stereocenters. The highest BCUT2D eigenvalue weighted by molar-refractivity contribution is 5.94. The number of methoxy groups -OCH3 is 1. The number of benzene rings is 2. The average molecular weight is 324 g/mol. The molecule has 0 aliphatic carbocycles. The van der Waals surface area contributed by atoms with Crippen molar-refractivity contribution >= 4 is 28.1 Å². The molecule has 24 heavy (non-hydrogen) atoms. The van der Waals surface area contributed by atoms with Crippen LogP contribution in [0, 0.1) is 6.92 Å². The molecule has 0 saturated carbocycles. The van der Waals surface area contributed by atoms with E-state index < -0.39 is 0 Å². The number of nitrogens with zero attached hydrogens (tertiary/aromatic N) is 2. The summed E-state index contributed by atoms with van der Waals surface area (Å²) in [7, 11) is 1.64. The van der Waals surface area contributed by atoms with Gasteiger partial charge in [-0.3, -0.25) is 0 Å². The number of aryl methyl sites for hydroxylation is 1. The number of phenols is 1. The van der Waals surface area contributed by atoms with Crippen LogP contribution in [0.15, 0.2) is 42.7 Å². The molecule has 0 saturated heterocycles. The van der Waals surface area contributed by atoms with E-state index in [1.54, 1.807) is 13.2 Å². The zero-order chi connectivity index (χ0) is 16.9. The molecule has 0 bridgehead atoms. The van der Waals surface area contributed by atoms with Crippen LogP contribution in [-0.4, -0.2) is 35.3 Å². The first kappa shape index (κ1) is 16.0. The number of aromatic hydroxyl groups is 1. The number of nitrogens with one attached hydrogen (secondary N) is 2. The van der Waals surface area contributed by atoms with Crippen LogP contribution < -0.4 is 10.6 Å². The first-order valence-corrected chi connectivity index (χ1v) is 7.71. The predicted molar refractivity (Wildman–Crippen MR) is 96.0 cm³/mol. The van der Waals surface area contributed by atoms with Gasteiger partial charge in [-0.2, -0.15) is 0 Å². The topological polar surface area (TPSA) is 79.3 Å². The third-order valence-electron chi connectivity index (χ3n) is 3.66. The Morgan fingerprint density at radius 2 is 2.04 bits per heavy atom. The lowest BCUT2D eigenvalue weighted by Crippen LogP contribution is -2.07. The summed E-state index contributed by atoms with van der Waals surface area (Å²) >= 11 is 0. The third-order valence-corrected chi connectivity index (χ3v) is 3.66. The summed E-state index contributed by atoms with van der Waals surface area (Å²) in [4.78, 5) is 8.58. The van der Waals surface area contributed by atoms with Gasteiger partial charge in [0.1, 0.15) is 17.9 Å². The Balaban J connectivity index is 1.96. The monoisotopic (exact) mass is 324 g/mol. The molecule has 0 radical (unpaired) electrons. The number of ether oxygens (including phenoxy) is 1. The minimum atomic E-state index is 0.152. The van der Waals surface area contributed by atoms with Crippen LogP contribution in [0.4, 0.5) is 17.2 Å². The molecule has 3 rings (SSSR count). The summed E-state index contributed by atoms with van der Waals surface area (Å²) in [6.07, 6.45) is 1.48. The molecule has 3 N–H and O–H groups in total. The van der Waals surface area contributed by atoms with E-state index in [-0.39, 0.29) is 5.75 Å². The standard InChI is InChI=1S/C18H20N4O2/c1-12-4-3-5-13(8-12)22-18-14-9-16(19-6-7-24-2)17(23)10-15(14)20-11-21-18/h3-5,8-11,19,23H,6-7H2,1-2H3,(H,20,21,22). The Labute approximate surface area is 140 Å². The maximum atomic E-state index is 10.1. The summed E-state index contributed by atoms with van der Waals surface area (Å²) in [6, 6.07) is 11.5. The third kappa shape index (κ3) is 3.55. The van der Waals surface area contributed by atoms with Gasteiger partial charge < -0.3 is 20.5 Å². The molecule has 1 heterocycles. The quantitative estimate of drug-likeness (QED) is 0.476. The van der Waals surface area contributed by atoms with Crippen molar-refractivity contribution in [3.63, 3.8) is 0 Å². The summed E-state index contributed by atoms with van der Waals surface area (Å²) in [5, 5.41) is 17.4. The number of phenolic OH excluding ortho intramolecular Hbond substituents is 1. The highest BCUT2D eigenvalue weighted by Gasteiger charge is 2.09. The van der Waals surface area contributed by atoms with Crippen LogP contribution >= 0.6 is 0 Å². The lowest BCUT2D eigenvalue weighted by Gasteiger charge is -2.12. The van der Waals surface area contributed by atoms with E-state index >= 15 is 0 Å². The smallest absolute Gasteiger partial charge is 0.141 e. The highest BCUT2D eigenvalue weighted by atomic mass is 16.5. The number of hydrogen-bond acceptors (Lipinski definition) is 6. The second-order valence-electron chi connectivity index (χ2n) is 5.52. The SMILES string of the molecule is COCCNc1cc2c(Nc3cccc(C)c3)ncnc2cc1O. The van der Waals surface area contributed by atoms with Crippen molar-refractivity contribution in [2.45, 2.75) is 6.92 Å². The van der Waals surface area contributed by atoms with Crippen LogP contribution in [0.2, 0.25) is 0 Å². The second-order valence-corrected chi connectivity index (χ2v) is 5.52. The fraction of sp³-hybridized carbons (Fsp3) is 0.222. The fourth-order valence-electron chi connectivity index (χ4n) is 2.48. The number of hydrogen-bond donors (Lipinski definition) is 3. The lowest BCUT2D eigenvalue weighted by molar-refractivity contribution is 0.210. The molecule has 6 heteroatoms. The average Bonchev–Trinajstić information content (AvgIpc) is 2.56. The van der Waals surface area contributed by atoms with E-state index in [0.717, 1.165) is 16.6 Å². The van der Waals surface area contributed by atoms with Crippen LogP contribution in [0.25, 0.3) is 10.9 Å². The molecule has 0 unspecified atom stereocenters. The van der Waals surface area contributed by atoms with Crippen molar-refractivity contribution in [1.29, 1.82) is 0 Å². The number of rotatable bonds is 6. The molecule has 6 nitrogen and oxygen atoms in total. The van der Waals surface area contributed by atoms with Gasteiger partial charge in [-0.1, -0.05) is 12.1 Å². The molecular formula is C18H20N4O2. The molecule has 124 valence electrons. The Hall–Kier alpha value is -2.86. The predicted octanol–water partition coefficient (Wildman–Crippen LogP) is 3.45. The molecule has 0 fully saturated rings. The van der Waals surface area contributed by atoms with Crippen molar-refractivity contribution in [3.05, 3.63) is 48.3 Å². The van der Waals surface area contributed by atoms with Gasteiger partial charge >= 0.3 is 0 Å². The van der Waals surface area contributed by atoms with Gasteiger partial charge in [-0.25, -0.2) is 9.97 Å². The molecule has 3 aromatic rings. The Bertz CT molecular complexity index is 852. The minimum absolute atomic E-state index is 0.152. The van der Waals surface area contributed by atoms with Crippen molar-refractivity contribution < 1.29 is 9.84 Å². The van der Waals surface area contributed by atoms with Crippen LogP contribution in [-0.2, 0) is 4.74 Å². The van der Waals surface area contributed by atoms with Gasteiger partial charge in [0, 0.05) is 30.8 Å². The molecular weight excluding hydrogens is 304 g/mol. The number of anilines is 3. The van der Waals surface area contributed by atoms with Crippen molar-refractivity contribution in [2.75, 3.05) is 30.9 Å². The largest absolute Gasteiger partial charge is 0.506 e. The summed E-state index contributed by atoms with van der Waals surface area (Å²) < 4.78 is 5.02. The van der Waals surface area contributed by atoms with Gasteiger partial charge in [0.25, 0.3) is 0 Å². The molecule has 0 spiro atoms. The van der Waals surface area contributed by atoms with Crippen molar-refractivity contribution in [3.8, 4) is 5.75 Å². The summed E-state index contributed by atoms with van der Waals surface area (Å²) in [5.74, 6) is 0.846. The molecule has 1 aromatic heterocycles. The maximum Gasteiger partial charge on any atom is 0.141 e. The van der Waals surface area contributed by atoms with Gasteiger partial charge in [0.15, 0.2) is 0 Å². The van der Waals surface area contributed by atoms with E-state index in [2.05, 4.69) is 20.6 Å². The summed E-state index contributed by atoms with van der Waals surface area (Å²) in [5.41, 5.74) is 3.42. The Morgan fingerprint density at radius 3 is 2.83 bits per heavy atom. The lowest BCUT2D eigenvalue weighted by atomic mass is 10.1. The zero-order valence-electron chi connectivity index (χ0n) is 13.7. The normalized spacial score (nSPS) is 10.8. The Kier molecular flexibility index (Phi) is 4.77. The van der Waals surface area contributed by atoms with Gasteiger partial charge in [-0.15, -0.1) is 0 Å². The molecule has 2 aromatic carbocycles. The van der Waals surface area contributed by atoms with E-state index in [9.17, 15) is 5.11 Å². The zero-order valence-corrected chi connectivity index (χ0v) is 13.7. The van der Waals surface area contributed by atoms with Gasteiger partial charge in [-0.05, 0) is 30.7 Å². The van der Waals surface area contributed by atoms with Crippen LogP contribution in [0.1, 0.15) is 5.56 Å². The fourth-order valence-corrected chi connectivity index (χ4v) is 2.48. The van der Waals surface area contributed by atoms with Crippen LogP contribution in [0.3, 0.4) is 0 Å². The van der Waals surface area contributed by atoms with Crippen LogP contribution in [0.5, 0.6) is 5.75 Å². The minimum Gasteiger partial charge on any atom is -0.506 e. The van der Waals surface area contributed by atoms with E-state index in [1.807, 2.05) is 37.3 Å². The van der Waals surface area contributed by atoms with E-state index in [1.165, 1.54) is 6.33 Å². The Morgan fingerprint density at radius 1 is 1.17 bits per heavy atom. The molecule has 0 aliphatic rings. The molecule has 0 amide bonds. The first-order chi connectivity index (χ1) is 11.7. The van der Waals surface area contributed by atoms with Gasteiger partial charge in [0.05, 0.1) is 17.8 Å². The second kappa shape index (κ2) is 7.14. The highest BCUT2D eigenvalue weighted by Crippen LogP contribution is 2.32. The summed E-state index contributed by atoms with van der Waals surface area (Å²) in [6.45, 7) is 3.19. The number of fused-ring (bicyclic) bond motifs is 1. The first-order valence-electron chi connectivity index (χ1n) is 7.71. The van der Waals surface area contributed by atoms with Crippen molar-refractivity contribution in [2.24, 2.45) is 0 Å².